The molecule has 0 saturated carbocycles. The fourth-order valence-corrected chi connectivity index (χ4v) is 4.89. The number of hydrogen-bond donors (Lipinski definition) is 2. The van der Waals surface area contributed by atoms with Crippen molar-refractivity contribution in [3.63, 3.8) is 0 Å². The molecular formula is C22H21N3O6S2. The number of ether oxygens (including phenoxy) is 2. The third-order valence-electron chi connectivity index (χ3n) is 4.70. The Morgan fingerprint density at radius 2 is 1.70 bits per heavy atom. The predicted molar refractivity (Wildman–Crippen MR) is 125 cm³/mol. The van der Waals surface area contributed by atoms with Crippen LogP contribution in [-0.2, 0) is 14.8 Å². The van der Waals surface area contributed by atoms with Crippen molar-refractivity contribution in [3.8, 4) is 11.5 Å². The molecule has 0 spiro atoms. The highest BCUT2D eigenvalue weighted by Crippen LogP contribution is 2.32. The second-order valence-corrected chi connectivity index (χ2v) is 9.81. The van der Waals surface area contributed by atoms with Gasteiger partial charge < -0.3 is 19.7 Å². The Hall–Kier alpha value is -3.57. The number of thiophene rings is 1. The molecule has 0 saturated heterocycles. The number of carbonyl (C=O) groups excluding carboxylic acids is 2. The van der Waals surface area contributed by atoms with E-state index in [9.17, 15) is 18.0 Å². The SMILES string of the molecule is CN(CC(=O)Nc1ccc(NS(=O)(=O)c2ccc3c(c2)OCCO3)cc1)C(=O)c1cccs1. The molecule has 0 fully saturated rings. The monoisotopic (exact) mass is 487 g/mol. The zero-order valence-electron chi connectivity index (χ0n) is 17.6. The maximum Gasteiger partial charge on any atom is 0.264 e. The summed E-state index contributed by atoms with van der Waals surface area (Å²) in [6, 6.07) is 14.1. The van der Waals surface area contributed by atoms with Crippen LogP contribution in [-0.4, -0.2) is 51.9 Å². The van der Waals surface area contributed by atoms with Gasteiger partial charge in [-0.25, -0.2) is 8.42 Å². The minimum Gasteiger partial charge on any atom is -0.486 e. The van der Waals surface area contributed by atoms with Gasteiger partial charge in [0.1, 0.15) is 13.2 Å². The van der Waals surface area contributed by atoms with Crippen molar-refractivity contribution in [1.29, 1.82) is 0 Å². The van der Waals surface area contributed by atoms with Crippen LogP contribution in [0.4, 0.5) is 11.4 Å². The van der Waals surface area contributed by atoms with E-state index in [1.165, 1.54) is 40.5 Å². The minimum absolute atomic E-state index is 0.0441. The topological polar surface area (TPSA) is 114 Å². The number of nitrogens with zero attached hydrogens (tertiary/aromatic N) is 1. The van der Waals surface area contributed by atoms with Gasteiger partial charge in [0, 0.05) is 24.5 Å². The normalized spacial score (nSPS) is 12.6. The van der Waals surface area contributed by atoms with E-state index in [0.29, 0.717) is 41.0 Å². The van der Waals surface area contributed by atoms with Crippen LogP contribution in [0.15, 0.2) is 64.9 Å². The molecule has 0 aliphatic carbocycles. The molecule has 2 N–H and O–H groups in total. The Labute approximate surface area is 195 Å². The van der Waals surface area contributed by atoms with E-state index in [1.807, 2.05) is 0 Å². The van der Waals surface area contributed by atoms with E-state index in [0.717, 1.165) is 0 Å². The molecule has 2 aromatic carbocycles. The van der Waals surface area contributed by atoms with Crippen LogP contribution in [0.1, 0.15) is 9.67 Å². The van der Waals surface area contributed by atoms with Crippen molar-refractivity contribution in [1.82, 2.24) is 4.90 Å². The fourth-order valence-electron chi connectivity index (χ4n) is 3.10. The van der Waals surface area contributed by atoms with E-state index in [2.05, 4.69) is 10.0 Å². The molecule has 3 aromatic rings. The van der Waals surface area contributed by atoms with Gasteiger partial charge in [-0.1, -0.05) is 6.07 Å². The zero-order valence-corrected chi connectivity index (χ0v) is 19.2. The molecule has 1 aliphatic heterocycles. The summed E-state index contributed by atoms with van der Waals surface area (Å²) in [6.07, 6.45) is 0. The van der Waals surface area contributed by atoms with Gasteiger partial charge in [-0.05, 0) is 47.8 Å². The van der Waals surface area contributed by atoms with Gasteiger partial charge in [0.25, 0.3) is 15.9 Å². The summed E-state index contributed by atoms with van der Waals surface area (Å²) >= 11 is 1.31. The lowest BCUT2D eigenvalue weighted by atomic mass is 10.3. The van der Waals surface area contributed by atoms with Gasteiger partial charge in [0.2, 0.25) is 5.91 Å². The molecular weight excluding hydrogens is 466 g/mol. The zero-order chi connectivity index (χ0) is 23.4. The second-order valence-electron chi connectivity index (χ2n) is 7.18. The van der Waals surface area contributed by atoms with E-state index in [-0.39, 0.29) is 23.3 Å². The van der Waals surface area contributed by atoms with Gasteiger partial charge in [0.15, 0.2) is 11.5 Å². The number of amides is 2. The van der Waals surface area contributed by atoms with Crippen LogP contribution in [0.25, 0.3) is 0 Å². The molecule has 0 bridgehead atoms. The highest BCUT2D eigenvalue weighted by Gasteiger charge is 2.20. The molecule has 2 amide bonds. The van der Waals surface area contributed by atoms with Crippen LogP contribution in [0, 0.1) is 0 Å². The molecule has 9 nitrogen and oxygen atoms in total. The summed E-state index contributed by atoms with van der Waals surface area (Å²) in [5, 5.41) is 4.49. The van der Waals surface area contributed by atoms with Crippen LogP contribution >= 0.6 is 11.3 Å². The molecule has 1 aliphatic rings. The lowest BCUT2D eigenvalue weighted by Crippen LogP contribution is -2.34. The van der Waals surface area contributed by atoms with Crippen LogP contribution in [0.3, 0.4) is 0 Å². The number of benzene rings is 2. The average molecular weight is 488 g/mol. The van der Waals surface area contributed by atoms with Gasteiger partial charge in [0.05, 0.1) is 16.3 Å². The molecule has 1 aromatic heterocycles. The van der Waals surface area contributed by atoms with Crippen molar-refractivity contribution >= 4 is 44.5 Å². The molecule has 4 rings (SSSR count). The summed E-state index contributed by atoms with van der Waals surface area (Å²) in [5.74, 6) is 0.281. The van der Waals surface area contributed by atoms with Gasteiger partial charge in [-0.3, -0.25) is 14.3 Å². The summed E-state index contributed by atoms with van der Waals surface area (Å²) in [6.45, 7) is 0.659. The van der Waals surface area contributed by atoms with Crippen molar-refractivity contribution in [2.24, 2.45) is 0 Å². The Kier molecular flexibility index (Phi) is 6.52. The van der Waals surface area contributed by atoms with E-state index in [1.54, 1.807) is 42.8 Å². The first-order valence-corrected chi connectivity index (χ1v) is 12.3. The van der Waals surface area contributed by atoms with E-state index in [4.69, 9.17) is 9.47 Å². The number of likely N-dealkylation sites (N-methyl/N-ethyl adjacent to an activating group) is 1. The molecule has 0 radical (unpaired) electrons. The second kappa shape index (κ2) is 9.51. The summed E-state index contributed by atoms with van der Waals surface area (Å²) in [4.78, 5) is 26.5. The third-order valence-corrected chi connectivity index (χ3v) is 6.94. The number of fused-ring (bicyclic) bond motifs is 1. The van der Waals surface area contributed by atoms with Gasteiger partial charge in [-0.15, -0.1) is 11.3 Å². The summed E-state index contributed by atoms with van der Waals surface area (Å²) in [5.41, 5.74) is 0.798. The average Bonchev–Trinajstić information content (AvgIpc) is 3.34. The minimum atomic E-state index is -3.85. The van der Waals surface area contributed by atoms with Crippen LogP contribution < -0.4 is 19.5 Å². The molecule has 0 unspecified atom stereocenters. The molecule has 2 heterocycles. The van der Waals surface area contributed by atoms with Crippen molar-refractivity contribution in [3.05, 3.63) is 64.9 Å². The molecule has 0 atom stereocenters. The maximum atomic E-state index is 12.7. The van der Waals surface area contributed by atoms with E-state index < -0.39 is 10.0 Å². The lowest BCUT2D eigenvalue weighted by molar-refractivity contribution is -0.116. The van der Waals surface area contributed by atoms with Crippen molar-refractivity contribution < 1.29 is 27.5 Å². The fraction of sp³-hybridized carbons (Fsp3) is 0.182. The first kappa shape index (κ1) is 22.6. The third kappa shape index (κ3) is 5.44. The summed E-state index contributed by atoms with van der Waals surface area (Å²) < 4.78 is 38.8. The summed E-state index contributed by atoms with van der Waals surface area (Å²) in [7, 11) is -2.29. The van der Waals surface area contributed by atoms with Crippen LogP contribution in [0.5, 0.6) is 11.5 Å². The Bertz CT molecular complexity index is 1260. The van der Waals surface area contributed by atoms with Crippen molar-refractivity contribution in [2.75, 3.05) is 36.8 Å². The number of anilines is 2. The molecule has 172 valence electrons. The van der Waals surface area contributed by atoms with Gasteiger partial charge >= 0.3 is 0 Å². The van der Waals surface area contributed by atoms with Crippen LogP contribution in [0.2, 0.25) is 0 Å². The number of nitrogens with one attached hydrogen (secondary N) is 2. The number of sulfonamides is 1. The Morgan fingerprint density at radius 1 is 1.00 bits per heavy atom. The smallest absolute Gasteiger partial charge is 0.264 e. The standard InChI is InChI=1S/C22H21N3O6S2/c1-25(22(27)20-3-2-12-32-20)14-21(26)23-15-4-6-16(7-5-15)24-33(28,29)17-8-9-18-19(13-17)31-11-10-30-18/h2-9,12-13,24H,10-11,14H2,1H3,(H,23,26). The molecule has 33 heavy (non-hydrogen) atoms. The number of hydrogen-bond acceptors (Lipinski definition) is 7. The highest BCUT2D eigenvalue weighted by atomic mass is 32.2. The van der Waals surface area contributed by atoms with Gasteiger partial charge in [-0.2, -0.15) is 0 Å². The Balaban J connectivity index is 1.36. The highest BCUT2D eigenvalue weighted by molar-refractivity contribution is 7.92. The number of carbonyl (C=O) groups is 2. The quantitative estimate of drug-likeness (QED) is 0.530. The predicted octanol–water partition coefficient (Wildman–Crippen LogP) is 3.03. The lowest BCUT2D eigenvalue weighted by Gasteiger charge is -2.19. The van der Waals surface area contributed by atoms with Crippen molar-refractivity contribution in [2.45, 2.75) is 4.90 Å². The first-order chi connectivity index (χ1) is 15.8. The molecule has 11 heteroatoms. The largest absolute Gasteiger partial charge is 0.486 e. The Morgan fingerprint density at radius 3 is 2.39 bits per heavy atom. The van der Waals surface area contributed by atoms with E-state index >= 15 is 0 Å². The first-order valence-electron chi connectivity index (χ1n) is 9.93. The number of rotatable bonds is 7. The maximum absolute atomic E-state index is 12.7.